The van der Waals surface area contributed by atoms with Crippen molar-refractivity contribution in [3.05, 3.63) is 36.2 Å². The molecule has 19 heavy (non-hydrogen) atoms. The summed E-state index contributed by atoms with van der Waals surface area (Å²) < 4.78 is 5.47. The number of benzene rings is 1. The zero-order valence-corrected chi connectivity index (χ0v) is 10.5. The van der Waals surface area contributed by atoms with Crippen LogP contribution in [0.3, 0.4) is 0 Å². The van der Waals surface area contributed by atoms with E-state index in [2.05, 4.69) is 15.3 Å². The van der Waals surface area contributed by atoms with Crippen molar-refractivity contribution in [2.75, 3.05) is 13.2 Å². The molecular weight excluding hydrogens is 242 g/mol. The first-order valence-electron chi connectivity index (χ1n) is 6.43. The van der Waals surface area contributed by atoms with Crippen molar-refractivity contribution >= 4 is 16.9 Å². The van der Waals surface area contributed by atoms with Crippen molar-refractivity contribution in [3.8, 4) is 0 Å². The molecular formula is C14H15N3O2. The first kappa shape index (κ1) is 12.0. The Morgan fingerprint density at radius 2 is 2.16 bits per heavy atom. The van der Waals surface area contributed by atoms with Crippen molar-refractivity contribution in [2.24, 2.45) is 0 Å². The molecule has 2 heterocycles. The summed E-state index contributed by atoms with van der Waals surface area (Å²) in [5, 5.41) is 2.89. The molecule has 1 aromatic carbocycles. The van der Waals surface area contributed by atoms with E-state index in [0.29, 0.717) is 12.1 Å². The third kappa shape index (κ3) is 2.71. The summed E-state index contributed by atoms with van der Waals surface area (Å²) in [5.74, 6) is -0.0944. The molecule has 5 heteroatoms. The van der Waals surface area contributed by atoms with E-state index in [1.807, 2.05) is 6.07 Å². The van der Waals surface area contributed by atoms with E-state index in [1.165, 1.54) is 0 Å². The van der Waals surface area contributed by atoms with Crippen molar-refractivity contribution in [3.63, 3.8) is 0 Å². The number of fused-ring (bicyclic) bond motifs is 1. The maximum atomic E-state index is 12.0. The van der Waals surface area contributed by atoms with E-state index in [0.717, 1.165) is 30.5 Å². The highest BCUT2D eigenvalue weighted by Crippen LogP contribution is 2.12. The molecule has 2 aromatic rings. The molecule has 1 N–H and O–H groups in total. The lowest BCUT2D eigenvalue weighted by atomic mass is 10.1. The molecule has 0 radical (unpaired) electrons. The molecule has 1 aliphatic heterocycles. The van der Waals surface area contributed by atoms with Crippen LogP contribution in [0.2, 0.25) is 0 Å². The minimum atomic E-state index is -0.0944. The Labute approximate surface area is 111 Å². The van der Waals surface area contributed by atoms with Gasteiger partial charge in [0.15, 0.2) is 0 Å². The number of rotatable bonds is 3. The van der Waals surface area contributed by atoms with E-state index < -0.39 is 0 Å². The third-order valence-electron chi connectivity index (χ3n) is 3.25. The lowest BCUT2D eigenvalue weighted by molar-refractivity contribution is 0.0858. The Balaban J connectivity index is 1.70. The molecule has 0 bridgehead atoms. The predicted octanol–water partition coefficient (Wildman–Crippen LogP) is 1.54. The van der Waals surface area contributed by atoms with Crippen molar-refractivity contribution in [1.29, 1.82) is 0 Å². The number of ether oxygens (including phenoxy) is 1. The van der Waals surface area contributed by atoms with Crippen LogP contribution in [0.1, 0.15) is 23.2 Å². The summed E-state index contributed by atoms with van der Waals surface area (Å²) in [7, 11) is 0. The Kier molecular flexibility index (Phi) is 3.37. The smallest absolute Gasteiger partial charge is 0.251 e. The molecule has 3 rings (SSSR count). The Morgan fingerprint density at radius 1 is 1.32 bits per heavy atom. The fraction of sp³-hybridized carbons (Fsp3) is 0.357. The minimum Gasteiger partial charge on any atom is -0.376 e. The zero-order valence-electron chi connectivity index (χ0n) is 10.5. The summed E-state index contributed by atoms with van der Waals surface area (Å²) >= 11 is 0. The second-order valence-corrected chi connectivity index (χ2v) is 4.60. The van der Waals surface area contributed by atoms with Crippen molar-refractivity contribution in [2.45, 2.75) is 18.9 Å². The van der Waals surface area contributed by atoms with Crippen molar-refractivity contribution in [1.82, 2.24) is 15.3 Å². The summed E-state index contributed by atoms with van der Waals surface area (Å²) in [4.78, 5) is 20.4. The van der Waals surface area contributed by atoms with E-state index >= 15 is 0 Å². The minimum absolute atomic E-state index is 0.0944. The van der Waals surface area contributed by atoms with Gasteiger partial charge in [0.25, 0.3) is 5.91 Å². The van der Waals surface area contributed by atoms with E-state index in [4.69, 9.17) is 4.74 Å². The largest absolute Gasteiger partial charge is 0.376 e. The van der Waals surface area contributed by atoms with Gasteiger partial charge in [-0.05, 0) is 31.0 Å². The summed E-state index contributed by atoms with van der Waals surface area (Å²) in [6, 6.07) is 5.33. The fourth-order valence-electron chi connectivity index (χ4n) is 2.22. The van der Waals surface area contributed by atoms with Gasteiger partial charge in [0.05, 0.1) is 17.1 Å². The van der Waals surface area contributed by atoms with Gasteiger partial charge < -0.3 is 10.1 Å². The second-order valence-electron chi connectivity index (χ2n) is 4.60. The van der Waals surface area contributed by atoms with Crippen molar-refractivity contribution < 1.29 is 9.53 Å². The first-order valence-corrected chi connectivity index (χ1v) is 6.43. The molecule has 1 saturated heterocycles. The molecule has 5 nitrogen and oxygen atoms in total. The number of carbonyl (C=O) groups is 1. The summed E-state index contributed by atoms with van der Waals surface area (Å²) in [6.45, 7) is 1.36. The standard InChI is InChI=1S/C14H15N3O2/c18-14(17-9-11-2-1-7-19-11)10-3-4-12-13(8-10)16-6-5-15-12/h3-6,8,11H,1-2,7,9H2,(H,17,18). The maximum absolute atomic E-state index is 12.0. The number of carbonyl (C=O) groups excluding carboxylic acids is 1. The highest BCUT2D eigenvalue weighted by Gasteiger charge is 2.16. The van der Waals surface area contributed by atoms with Gasteiger partial charge in [-0.25, -0.2) is 0 Å². The van der Waals surface area contributed by atoms with E-state index in [1.54, 1.807) is 24.5 Å². The van der Waals surface area contributed by atoms with Gasteiger partial charge in [-0.3, -0.25) is 14.8 Å². The van der Waals surface area contributed by atoms with Gasteiger partial charge in [0.1, 0.15) is 0 Å². The van der Waals surface area contributed by atoms with Crippen LogP contribution in [0.15, 0.2) is 30.6 Å². The number of nitrogens with one attached hydrogen (secondary N) is 1. The number of nitrogens with zero attached hydrogens (tertiary/aromatic N) is 2. The van der Waals surface area contributed by atoms with Crippen LogP contribution in [0.5, 0.6) is 0 Å². The van der Waals surface area contributed by atoms with Crippen LogP contribution in [0, 0.1) is 0 Å². The summed E-state index contributed by atoms with van der Waals surface area (Å²) in [5.41, 5.74) is 2.12. The average molecular weight is 257 g/mol. The topological polar surface area (TPSA) is 64.1 Å². The molecule has 0 aliphatic carbocycles. The average Bonchev–Trinajstić information content (AvgIpc) is 2.97. The predicted molar refractivity (Wildman–Crippen MR) is 70.8 cm³/mol. The van der Waals surface area contributed by atoms with Gasteiger partial charge in [0.2, 0.25) is 0 Å². The number of amides is 1. The lowest BCUT2D eigenvalue weighted by Crippen LogP contribution is -2.31. The third-order valence-corrected chi connectivity index (χ3v) is 3.25. The van der Waals surface area contributed by atoms with Gasteiger partial charge in [-0.15, -0.1) is 0 Å². The zero-order chi connectivity index (χ0) is 13.1. The quantitative estimate of drug-likeness (QED) is 0.905. The molecule has 1 amide bonds. The molecule has 0 saturated carbocycles. The molecule has 1 unspecified atom stereocenters. The number of hydrogen-bond donors (Lipinski definition) is 1. The molecule has 1 aliphatic rings. The molecule has 98 valence electrons. The van der Waals surface area contributed by atoms with Crippen LogP contribution >= 0.6 is 0 Å². The highest BCUT2D eigenvalue weighted by molar-refractivity contribution is 5.97. The van der Waals surface area contributed by atoms with Gasteiger partial charge >= 0.3 is 0 Å². The maximum Gasteiger partial charge on any atom is 0.251 e. The second kappa shape index (κ2) is 5.32. The van der Waals surface area contributed by atoms with Crippen LogP contribution < -0.4 is 5.32 Å². The van der Waals surface area contributed by atoms with Gasteiger partial charge in [-0.2, -0.15) is 0 Å². The first-order chi connectivity index (χ1) is 9.33. The van der Waals surface area contributed by atoms with Gasteiger partial charge in [-0.1, -0.05) is 0 Å². The van der Waals surface area contributed by atoms with Crippen LogP contribution in [-0.4, -0.2) is 35.1 Å². The monoisotopic (exact) mass is 257 g/mol. The molecule has 1 atom stereocenters. The SMILES string of the molecule is O=C(NCC1CCCO1)c1ccc2nccnc2c1. The number of hydrogen-bond acceptors (Lipinski definition) is 4. The molecule has 1 fully saturated rings. The molecule has 1 aromatic heterocycles. The van der Waals surface area contributed by atoms with Crippen LogP contribution in [0.4, 0.5) is 0 Å². The Morgan fingerprint density at radius 3 is 2.95 bits per heavy atom. The Hall–Kier alpha value is -2.01. The summed E-state index contributed by atoms with van der Waals surface area (Å²) in [6.07, 6.45) is 5.51. The normalized spacial score (nSPS) is 18.6. The van der Waals surface area contributed by atoms with E-state index in [-0.39, 0.29) is 12.0 Å². The lowest BCUT2D eigenvalue weighted by Gasteiger charge is -2.10. The highest BCUT2D eigenvalue weighted by atomic mass is 16.5. The molecule has 0 spiro atoms. The Bertz CT molecular complexity index is 594. The van der Waals surface area contributed by atoms with Crippen LogP contribution in [0.25, 0.3) is 11.0 Å². The van der Waals surface area contributed by atoms with Crippen LogP contribution in [-0.2, 0) is 4.74 Å². The number of aromatic nitrogens is 2. The van der Waals surface area contributed by atoms with Gasteiger partial charge in [0, 0.05) is 31.1 Å². The fourth-order valence-corrected chi connectivity index (χ4v) is 2.22. The van der Waals surface area contributed by atoms with E-state index in [9.17, 15) is 4.79 Å².